The van der Waals surface area contributed by atoms with E-state index in [2.05, 4.69) is 53.9 Å². The smallest absolute Gasteiger partial charge is 0.0726 e. The first-order chi connectivity index (χ1) is 9.38. The van der Waals surface area contributed by atoms with Gasteiger partial charge in [-0.05, 0) is 18.6 Å². The molecule has 2 heterocycles. The second kappa shape index (κ2) is 5.83. The predicted molar refractivity (Wildman–Crippen MR) is 85.3 cm³/mol. The topological polar surface area (TPSA) is 16.1 Å². The lowest BCUT2D eigenvalue weighted by atomic mass is 10.1. The third-order valence-electron chi connectivity index (χ3n) is 3.61. The van der Waals surface area contributed by atoms with Gasteiger partial charge in [-0.3, -0.25) is 4.98 Å². The van der Waals surface area contributed by atoms with Crippen LogP contribution >= 0.6 is 11.8 Å². The molecule has 2 nitrogen and oxygen atoms in total. The quantitative estimate of drug-likeness (QED) is 0.846. The number of pyridine rings is 1. The van der Waals surface area contributed by atoms with Gasteiger partial charge in [-0.1, -0.05) is 31.5 Å². The second-order valence-corrected chi connectivity index (χ2v) is 6.22. The molecule has 0 amide bonds. The molecule has 1 saturated heterocycles. The molecule has 0 aliphatic carbocycles. The number of thioether (sulfide) groups is 1. The zero-order valence-corrected chi connectivity index (χ0v) is 12.2. The Morgan fingerprint density at radius 1 is 1.21 bits per heavy atom. The van der Waals surface area contributed by atoms with Gasteiger partial charge >= 0.3 is 0 Å². The Hall–Kier alpha value is -1.22. The van der Waals surface area contributed by atoms with Crippen molar-refractivity contribution in [3.05, 3.63) is 36.0 Å². The van der Waals surface area contributed by atoms with Gasteiger partial charge in [-0.2, -0.15) is 11.8 Å². The number of hydrogen-bond acceptors (Lipinski definition) is 3. The van der Waals surface area contributed by atoms with E-state index in [1.54, 1.807) is 0 Å². The lowest BCUT2D eigenvalue weighted by Gasteiger charge is -2.29. The van der Waals surface area contributed by atoms with E-state index in [-0.39, 0.29) is 0 Å². The molecule has 1 fully saturated rings. The summed E-state index contributed by atoms with van der Waals surface area (Å²) in [4.78, 5) is 7.32. The molecular formula is C16H20N2S. The van der Waals surface area contributed by atoms with Gasteiger partial charge in [-0.25, -0.2) is 0 Å². The SMILES string of the molecule is CCCc1cc(N2CCSCC2)c2ccccc2n1. The summed E-state index contributed by atoms with van der Waals surface area (Å²) in [7, 11) is 0. The first-order valence-electron chi connectivity index (χ1n) is 7.10. The summed E-state index contributed by atoms with van der Waals surface area (Å²) in [5, 5.41) is 1.30. The molecule has 19 heavy (non-hydrogen) atoms. The number of fused-ring (bicyclic) bond motifs is 1. The third kappa shape index (κ3) is 2.71. The van der Waals surface area contributed by atoms with Crippen LogP contribution in [0.25, 0.3) is 10.9 Å². The summed E-state index contributed by atoms with van der Waals surface area (Å²) in [5.74, 6) is 2.47. The maximum atomic E-state index is 4.79. The number of para-hydroxylation sites is 1. The van der Waals surface area contributed by atoms with Crippen molar-refractivity contribution >= 4 is 28.4 Å². The Labute approximate surface area is 119 Å². The Kier molecular flexibility index (Phi) is 3.92. The number of benzene rings is 1. The number of rotatable bonds is 3. The normalized spacial score (nSPS) is 15.9. The van der Waals surface area contributed by atoms with Crippen molar-refractivity contribution in [2.24, 2.45) is 0 Å². The maximum absolute atomic E-state index is 4.79. The summed E-state index contributed by atoms with van der Waals surface area (Å²) in [6.45, 7) is 4.53. The van der Waals surface area contributed by atoms with E-state index < -0.39 is 0 Å². The molecule has 0 saturated carbocycles. The van der Waals surface area contributed by atoms with Gasteiger partial charge in [0.15, 0.2) is 0 Å². The third-order valence-corrected chi connectivity index (χ3v) is 4.55. The van der Waals surface area contributed by atoms with Gasteiger partial charge < -0.3 is 4.90 Å². The molecule has 0 bridgehead atoms. The van der Waals surface area contributed by atoms with Gasteiger partial charge in [0, 0.05) is 41.4 Å². The molecular weight excluding hydrogens is 252 g/mol. The van der Waals surface area contributed by atoms with E-state index in [9.17, 15) is 0 Å². The fourth-order valence-electron chi connectivity index (χ4n) is 2.66. The van der Waals surface area contributed by atoms with Crippen LogP contribution in [0.2, 0.25) is 0 Å². The molecule has 3 heteroatoms. The van der Waals surface area contributed by atoms with Crippen LogP contribution in [0.1, 0.15) is 19.0 Å². The van der Waals surface area contributed by atoms with Gasteiger partial charge in [-0.15, -0.1) is 0 Å². The van der Waals surface area contributed by atoms with E-state index >= 15 is 0 Å². The Morgan fingerprint density at radius 2 is 2.00 bits per heavy atom. The highest BCUT2D eigenvalue weighted by Gasteiger charge is 2.15. The number of aryl methyl sites for hydroxylation is 1. The molecule has 2 aromatic rings. The standard InChI is InChI=1S/C16H20N2S/c1-2-5-13-12-16(18-8-10-19-11-9-18)14-6-3-4-7-15(14)17-13/h3-4,6-7,12H,2,5,8-11H2,1H3. The van der Waals surface area contributed by atoms with Gasteiger partial charge in [0.1, 0.15) is 0 Å². The molecule has 3 rings (SSSR count). The highest BCUT2D eigenvalue weighted by atomic mass is 32.2. The van der Waals surface area contributed by atoms with Crippen LogP contribution in [0.4, 0.5) is 5.69 Å². The van der Waals surface area contributed by atoms with Crippen molar-refractivity contribution in [2.75, 3.05) is 29.5 Å². The zero-order chi connectivity index (χ0) is 13.1. The minimum Gasteiger partial charge on any atom is -0.369 e. The van der Waals surface area contributed by atoms with Gasteiger partial charge in [0.25, 0.3) is 0 Å². The van der Waals surface area contributed by atoms with E-state index in [4.69, 9.17) is 4.98 Å². The van der Waals surface area contributed by atoms with Crippen molar-refractivity contribution in [2.45, 2.75) is 19.8 Å². The van der Waals surface area contributed by atoms with Crippen LogP contribution in [0.15, 0.2) is 30.3 Å². The van der Waals surface area contributed by atoms with Crippen LogP contribution in [-0.4, -0.2) is 29.6 Å². The summed E-state index contributed by atoms with van der Waals surface area (Å²) >= 11 is 2.06. The molecule has 0 radical (unpaired) electrons. The molecule has 0 unspecified atom stereocenters. The van der Waals surface area contributed by atoms with Crippen LogP contribution in [0.3, 0.4) is 0 Å². The molecule has 0 N–H and O–H groups in total. The van der Waals surface area contributed by atoms with E-state index in [1.807, 2.05) is 0 Å². The molecule has 1 aromatic heterocycles. The minimum absolute atomic E-state index is 1.07. The van der Waals surface area contributed by atoms with Crippen LogP contribution in [0.5, 0.6) is 0 Å². The Morgan fingerprint density at radius 3 is 2.79 bits per heavy atom. The van der Waals surface area contributed by atoms with Gasteiger partial charge in [0.2, 0.25) is 0 Å². The number of anilines is 1. The number of nitrogens with zero attached hydrogens (tertiary/aromatic N) is 2. The molecule has 1 aliphatic rings. The first-order valence-corrected chi connectivity index (χ1v) is 8.25. The molecule has 1 aromatic carbocycles. The predicted octanol–water partition coefficient (Wildman–Crippen LogP) is 3.74. The van der Waals surface area contributed by atoms with Crippen LogP contribution < -0.4 is 4.90 Å². The van der Waals surface area contributed by atoms with E-state index in [0.29, 0.717) is 0 Å². The largest absolute Gasteiger partial charge is 0.369 e. The number of hydrogen-bond donors (Lipinski definition) is 0. The lowest BCUT2D eigenvalue weighted by molar-refractivity contribution is 0.850. The van der Waals surface area contributed by atoms with Gasteiger partial charge in [0.05, 0.1) is 5.52 Å². The fourth-order valence-corrected chi connectivity index (χ4v) is 3.56. The highest BCUT2D eigenvalue weighted by Crippen LogP contribution is 2.29. The van der Waals surface area contributed by atoms with Crippen molar-refractivity contribution in [1.29, 1.82) is 0 Å². The lowest BCUT2D eigenvalue weighted by Crippen LogP contribution is -2.32. The monoisotopic (exact) mass is 272 g/mol. The second-order valence-electron chi connectivity index (χ2n) is 5.00. The zero-order valence-electron chi connectivity index (χ0n) is 11.4. The first kappa shape index (κ1) is 12.8. The average Bonchev–Trinajstić information content (AvgIpc) is 2.48. The van der Waals surface area contributed by atoms with E-state index in [1.165, 1.54) is 28.3 Å². The summed E-state index contributed by atoms with van der Waals surface area (Å²) in [6.07, 6.45) is 2.22. The molecule has 100 valence electrons. The number of aromatic nitrogens is 1. The van der Waals surface area contributed by atoms with Crippen molar-refractivity contribution in [1.82, 2.24) is 4.98 Å². The van der Waals surface area contributed by atoms with Crippen LogP contribution in [0, 0.1) is 0 Å². The average molecular weight is 272 g/mol. The minimum atomic E-state index is 1.07. The van der Waals surface area contributed by atoms with Crippen molar-refractivity contribution in [3.63, 3.8) is 0 Å². The molecule has 0 spiro atoms. The summed E-state index contributed by atoms with van der Waals surface area (Å²) in [5.41, 5.74) is 3.76. The Bertz CT molecular complexity index is 562. The molecule has 1 aliphatic heterocycles. The fraction of sp³-hybridized carbons (Fsp3) is 0.438. The maximum Gasteiger partial charge on any atom is 0.0726 e. The van der Waals surface area contributed by atoms with Crippen LogP contribution in [-0.2, 0) is 6.42 Å². The van der Waals surface area contributed by atoms with Crippen molar-refractivity contribution < 1.29 is 0 Å². The molecule has 0 atom stereocenters. The van der Waals surface area contributed by atoms with Crippen molar-refractivity contribution in [3.8, 4) is 0 Å². The van der Waals surface area contributed by atoms with E-state index in [0.717, 1.165) is 31.4 Å². The highest BCUT2D eigenvalue weighted by molar-refractivity contribution is 7.99. The summed E-state index contributed by atoms with van der Waals surface area (Å²) < 4.78 is 0. The summed E-state index contributed by atoms with van der Waals surface area (Å²) in [6, 6.07) is 10.8. The Balaban J connectivity index is 2.08.